The number of aliphatic imine (C=N–C) groups is 1. The summed E-state index contributed by atoms with van der Waals surface area (Å²) in [5.74, 6) is -1.05. The Labute approximate surface area is 168 Å². The van der Waals surface area contributed by atoms with Gasteiger partial charge in [-0.25, -0.2) is 9.79 Å². The van der Waals surface area contributed by atoms with E-state index in [1.165, 1.54) is 13.0 Å². The molecule has 1 aliphatic heterocycles. The zero-order valence-electron chi connectivity index (χ0n) is 14.8. The maximum Gasteiger partial charge on any atom is 0.435 e. The highest BCUT2D eigenvalue weighted by Gasteiger charge is 2.62. The molecule has 28 heavy (non-hydrogen) atoms. The molecule has 1 atom stereocenters. The summed E-state index contributed by atoms with van der Waals surface area (Å²) in [5.41, 5.74) is 2.47. The van der Waals surface area contributed by atoms with Crippen molar-refractivity contribution in [3.8, 4) is 0 Å². The number of oxime groups is 1. The average molecular weight is 438 g/mol. The van der Waals surface area contributed by atoms with Gasteiger partial charge < -0.3 is 15.3 Å². The van der Waals surface area contributed by atoms with E-state index in [1.807, 2.05) is 0 Å². The maximum atomic E-state index is 13.9. The summed E-state index contributed by atoms with van der Waals surface area (Å²) in [7, 11) is 0. The lowest BCUT2D eigenvalue weighted by molar-refractivity contribution is -0.275. The smallest absolute Gasteiger partial charge is 0.435 e. The Kier molecular flexibility index (Phi) is 6.61. The zero-order valence-corrected chi connectivity index (χ0v) is 16.3. The van der Waals surface area contributed by atoms with Crippen molar-refractivity contribution in [2.24, 2.45) is 15.9 Å². The Morgan fingerprint density at radius 3 is 2.50 bits per heavy atom. The van der Waals surface area contributed by atoms with Gasteiger partial charge in [-0.3, -0.25) is 0 Å². The first-order valence-electron chi connectivity index (χ1n) is 7.96. The molecule has 0 radical (unpaired) electrons. The van der Waals surface area contributed by atoms with Crippen LogP contribution < -0.4 is 5.73 Å². The van der Waals surface area contributed by atoms with Crippen molar-refractivity contribution >= 4 is 41.2 Å². The van der Waals surface area contributed by atoms with Crippen LogP contribution in [0.5, 0.6) is 0 Å². The van der Waals surface area contributed by atoms with Crippen LogP contribution in [0.25, 0.3) is 0 Å². The molecule has 6 nitrogen and oxygen atoms in total. The minimum Gasteiger partial charge on any atom is -0.462 e. The summed E-state index contributed by atoms with van der Waals surface area (Å²) >= 11 is 11.7. The molecule has 0 saturated carbocycles. The fourth-order valence-electron chi connectivity index (χ4n) is 2.41. The zero-order chi connectivity index (χ0) is 21.1. The molecule has 0 fully saturated rings. The van der Waals surface area contributed by atoms with Crippen molar-refractivity contribution in [1.82, 2.24) is 0 Å². The largest absolute Gasteiger partial charge is 0.462 e. The van der Waals surface area contributed by atoms with Gasteiger partial charge in [-0.1, -0.05) is 28.4 Å². The van der Waals surface area contributed by atoms with Gasteiger partial charge in [0.1, 0.15) is 0 Å². The Morgan fingerprint density at radius 2 is 2.00 bits per heavy atom. The van der Waals surface area contributed by atoms with Crippen molar-refractivity contribution in [1.29, 1.82) is 0 Å². The molecule has 0 aromatic heterocycles. The molecule has 0 amide bonds. The number of halogens is 5. The van der Waals surface area contributed by atoms with Gasteiger partial charge in [-0.2, -0.15) is 13.2 Å². The van der Waals surface area contributed by atoms with E-state index in [0.29, 0.717) is 0 Å². The number of rotatable bonds is 4. The van der Waals surface area contributed by atoms with Gasteiger partial charge in [0.25, 0.3) is 5.60 Å². The molecule has 2 N–H and O–H groups in total. The maximum absolute atomic E-state index is 13.9. The summed E-state index contributed by atoms with van der Waals surface area (Å²) in [4.78, 5) is 20.4. The topological polar surface area (TPSA) is 86.3 Å². The SMILES string of the molecule is CCOC(=O)C(C=NC1=NOC(c2cc(Cl)cc(Cl)c2)(C(F)(F)F)C1)=C(C)N. The van der Waals surface area contributed by atoms with Gasteiger partial charge in [0.2, 0.25) is 0 Å². The Balaban J connectivity index is 2.35. The summed E-state index contributed by atoms with van der Waals surface area (Å²) in [6.45, 7) is 3.13. The van der Waals surface area contributed by atoms with Gasteiger partial charge in [0.05, 0.1) is 18.6 Å². The molecule has 1 aromatic carbocycles. The van der Waals surface area contributed by atoms with Crippen LogP contribution in [-0.2, 0) is 20.0 Å². The van der Waals surface area contributed by atoms with Crippen LogP contribution in [0.1, 0.15) is 25.8 Å². The van der Waals surface area contributed by atoms with Gasteiger partial charge >= 0.3 is 12.1 Å². The molecular weight excluding hydrogens is 422 g/mol. The van der Waals surface area contributed by atoms with E-state index in [0.717, 1.165) is 18.3 Å². The van der Waals surface area contributed by atoms with E-state index < -0.39 is 24.2 Å². The van der Waals surface area contributed by atoms with Crippen molar-refractivity contribution in [2.75, 3.05) is 6.61 Å². The summed E-state index contributed by atoms with van der Waals surface area (Å²) in [6, 6.07) is 3.49. The molecule has 1 heterocycles. The summed E-state index contributed by atoms with van der Waals surface area (Å²) in [6.07, 6.45) is -4.60. The monoisotopic (exact) mass is 437 g/mol. The van der Waals surface area contributed by atoms with Gasteiger partial charge in [0.15, 0.2) is 5.84 Å². The molecular formula is C17H16Cl2F3N3O3. The first kappa shape index (κ1) is 22.0. The van der Waals surface area contributed by atoms with Crippen LogP contribution in [0.2, 0.25) is 10.0 Å². The van der Waals surface area contributed by atoms with E-state index in [-0.39, 0.29) is 39.3 Å². The highest BCUT2D eigenvalue weighted by atomic mass is 35.5. The number of carbonyl (C=O) groups is 1. The highest BCUT2D eigenvalue weighted by Crippen LogP contribution is 2.49. The number of nitrogens with two attached hydrogens (primary N) is 1. The predicted octanol–water partition coefficient (Wildman–Crippen LogP) is 4.35. The second-order valence-electron chi connectivity index (χ2n) is 5.83. The van der Waals surface area contributed by atoms with Crippen molar-refractivity contribution in [3.63, 3.8) is 0 Å². The second-order valence-corrected chi connectivity index (χ2v) is 6.71. The number of esters is 1. The third-order valence-electron chi connectivity index (χ3n) is 3.76. The van der Waals surface area contributed by atoms with Gasteiger partial charge in [-0.05, 0) is 32.0 Å². The van der Waals surface area contributed by atoms with E-state index in [2.05, 4.69) is 10.1 Å². The Bertz CT molecular complexity index is 845. The van der Waals surface area contributed by atoms with Crippen LogP contribution in [0, 0.1) is 0 Å². The third kappa shape index (κ3) is 4.59. The molecule has 0 aliphatic carbocycles. The minimum atomic E-state index is -4.84. The number of ether oxygens (including phenoxy) is 1. The van der Waals surface area contributed by atoms with Crippen LogP contribution in [0.4, 0.5) is 13.2 Å². The lowest BCUT2D eigenvalue weighted by Crippen LogP contribution is -2.42. The number of benzene rings is 1. The average Bonchev–Trinajstić information content (AvgIpc) is 2.99. The molecule has 0 spiro atoms. The van der Waals surface area contributed by atoms with Crippen LogP contribution in [-0.4, -0.2) is 30.8 Å². The molecule has 152 valence electrons. The fraction of sp³-hybridized carbons (Fsp3) is 0.353. The predicted molar refractivity (Wildman–Crippen MR) is 99.3 cm³/mol. The lowest BCUT2D eigenvalue weighted by Gasteiger charge is -2.29. The first-order valence-corrected chi connectivity index (χ1v) is 8.71. The fourth-order valence-corrected chi connectivity index (χ4v) is 2.93. The minimum absolute atomic E-state index is 0.0120. The number of alkyl halides is 3. The molecule has 11 heteroatoms. The number of allylic oxidation sites excluding steroid dienone is 1. The highest BCUT2D eigenvalue weighted by molar-refractivity contribution is 6.34. The standard InChI is InChI=1S/C17H16Cl2F3N3O3/c1-3-27-15(26)13(9(2)23)8-24-14-7-16(28-25-14,17(20,21)22)10-4-11(18)6-12(19)5-10/h4-6,8H,3,7,23H2,1-2H3. The summed E-state index contributed by atoms with van der Waals surface area (Å²) < 4.78 is 46.4. The number of hydrogen-bond acceptors (Lipinski definition) is 6. The molecule has 1 aliphatic rings. The van der Waals surface area contributed by atoms with Crippen molar-refractivity contribution < 1.29 is 27.5 Å². The number of hydrogen-bond donors (Lipinski definition) is 1. The third-order valence-corrected chi connectivity index (χ3v) is 4.20. The number of nitrogens with zero attached hydrogens (tertiary/aromatic N) is 2. The molecule has 0 bridgehead atoms. The van der Waals surface area contributed by atoms with E-state index in [9.17, 15) is 18.0 Å². The van der Waals surface area contributed by atoms with Crippen molar-refractivity contribution in [2.45, 2.75) is 32.0 Å². The second kappa shape index (κ2) is 8.40. The molecule has 2 rings (SSSR count). The van der Waals surface area contributed by atoms with Crippen molar-refractivity contribution in [3.05, 3.63) is 45.1 Å². The van der Waals surface area contributed by atoms with Crippen LogP contribution in [0.15, 0.2) is 39.6 Å². The Hall–Kier alpha value is -2.26. The Morgan fingerprint density at radius 1 is 1.39 bits per heavy atom. The molecule has 0 saturated heterocycles. The molecule has 1 aromatic rings. The van der Waals surface area contributed by atoms with Gasteiger partial charge in [0, 0.05) is 27.5 Å². The van der Waals surface area contributed by atoms with E-state index in [1.54, 1.807) is 6.92 Å². The lowest BCUT2D eigenvalue weighted by atomic mass is 9.89. The van der Waals surface area contributed by atoms with E-state index >= 15 is 0 Å². The van der Waals surface area contributed by atoms with Crippen LogP contribution in [0.3, 0.4) is 0 Å². The summed E-state index contributed by atoms with van der Waals surface area (Å²) in [5, 5.41) is 3.45. The van der Waals surface area contributed by atoms with E-state index in [4.69, 9.17) is 38.5 Å². The normalized spacial score (nSPS) is 20.6. The van der Waals surface area contributed by atoms with Gasteiger partial charge in [-0.15, -0.1) is 0 Å². The number of amidine groups is 1. The quantitative estimate of drug-likeness (QED) is 0.430. The first-order chi connectivity index (χ1) is 13.0. The molecule has 1 unspecified atom stereocenters. The number of carbonyl (C=O) groups excluding carboxylic acids is 1. The van der Waals surface area contributed by atoms with Crippen LogP contribution >= 0.6 is 23.2 Å².